The molecule has 3 nitrogen and oxygen atoms in total. The third-order valence-corrected chi connectivity index (χ3v) is 4.87. The summed E-state index contributed by atoms with van der Waals surface area (Å²) < 4.78 is 13.5. The molecule has 0 saturated carbocycles. The van der Waals surface area contributed by atoms with Crippen LogP contribution in [0.15, 0.2) is 30.5 Å². The van der Waals surface area contributed by atoms with Crippen molar-refractivity contribution in [3.63, 3.8) is 0 Å². The van der Waals surface area contributed by atoms with Crippen molar-refractivity contribution in [3.8, 4) is 11.8 Å². The van der Waals surface area contributed by atoms with Gasteiger partial charge in [-0.15, -0.1) is 11.3 Å². The maximum Gasteiger partial charge on any atom is 0.265 e. The lowest BCUT2D eigenvalue weighted by Gasteiger charge is -2.29. The first-order valence-electron chi connectivity index (χ1n) is 7.65. The Morgan fingerprint density at radius 1 is 1.30 bits per heavy atom. The molecule has 1 aliphatic rings. The van der Waals surface area contributed by atoms with Crippen LogP contribution in [0, 0.1) is 23.6 Å². The second-order valence-electron chi connectivity index (χ2n) is 5.73. The van der Waals surface area contributed by atoms with Crippen LogP contribution in [0.3, 0.4) is 0 Å². The first-order chi connectivity index (χ1) is 11.1. The van der Waals surface area contributed by atoms with Gasteiger partial charge in [0.25, 0.3) is 5.91 Å². The van der Waals surface area contributed by atoms with Crippen molar-refractivity contribution in [2.75, 3.05) is 13.1 Å². The van der Waals surface area contributed by atoms with Gasteiger partial charge < -0.3 is 4.90 Å². The number of hydrogen-bond acceptors (Lipinski definition) is 3. The van der Waals surface area contributed by atoms with Crippen LogP contribution < -0.4 is 0 Å². The van der Waals surface area contributed by atoms with Crippen molar-refractivity contribution in [1.82, 2.24) is 9.88 Å². The van der Waals surface area contributed by atoms with Crippen LogP contribution >= 0.6 is 11.3 Å². The van der Waals surface area contributed by atoms with E-state index in [1.807, 2.05) is 4.90 Å². The van der Waals surface area contributed by atoms with Crippen LogP contribution in [-0.2, 0) is 0 Å². The molecule has 0 spiro atoms. The molecule has 23 heavy (non-hydrogen) atoms. The number of amides is 1. The monoisotopic (exact) mass is 328 g/mol. The van der Waals surface area contributed by atoms with Gasteiger partial charge in [0.15, 0.2) is 5.01 Å². The highest BCUT2D eigenvalue weighted by Gasteiger charge is 2.22. The first kappa shape index (κ1) is 15.7. The quantitative estimate of drug-likeness (QED) is 0.750. The molecule has 0 atom stereocenters. The number of halogens is 1. The van der Waals surface area contributed by atoms with Gasteiger partial charge in [0, 0.05) is 13.1 Å². The molecule has 0 unspecified atom stereocenters. The van der Waals surface area contributed by atoms with E-state index in [0.29, 0.717) is 21.4 Å². The summed E-state index contributed by atoms with van der Waals surface area (Å²) in [4.78, 5) is 19.1. The fraction of sp³-hybridized carbons (Fsp3) is 0.333. The van der Waals surface area contributed by atoms with E-state index in [0.717, 1.165) is 25.9 Å². The Hall–Kier alpha value is -2.19. The summed E-state index contributed by atoms with van der Waals surface area (Å²) in [6, 6.07) is 6.36. The van der Waals surface area contributed by atoms with Gasteiger partial charge in [-0.2, -0.15) is 0 Å². The number of carbonyl (C=O) groups is 1. The second-order valence-corrected chi connectivity index (χ2v) is 6.76. The zero-order valence-electron chi connectivity index (χ0n) is 12.9. The number of carbonyl (C=O) groups excluding carboxylic acids is 1. The van der Waals surface area contributed by atoms with Gasteiger partial charge in [-0.1, -0.05) is 25.0 Å². The maximum absolute atomic E-state index is 13.5. The van der Waals surface area contributed by atoms with E-state index >= 15 is 0 Å². The van der Waals surface area contributed by atoms with E-state index in [-0.39, 0.29) is 11.7 Å². The Labute approximate surface area is 139 Å². The van der Waals surface area contributed by atoms with Crippen LogP contribution in [0.5, 0.6) is 0 Å². The molecule has 1 aromatic heterocycles. The molecular formula is C18H17FN2OS. The molecule has 2 heterocycles. The lowest BCUT2D eigenvalue weighted by atomic mass is 9.99. The predicted octanol–water partition coefficient (Wildman–Crippen LogP) is 3.55. The third kappa shape index (κ3) is 3.77. The van der Waals surface area contributed by atoms with Gasteiger partial charge >= 0.3 is 0 Å². The Bertz CT molecular complexity index is 767. The largest absolute Gasteiger partial charge is 0.338 e. The Kier molecular flexibility index (Phi) is 4.73. The standard InChI is InChI=1S/C18H17FN2OS/c1-13-8-10-21(11-9-13)18(22)16-12-20-17(23-16)7-6-14-4-2-3-5-15(14)19/h2-5,12-13H,8-11H2,1H3. The molecule has 118 valence electrons. The van der Waals surface area contributed by atoms with Gasteiger partial charge in [0.1, 0.15) is 10.7 Å². The van der Waals surface area contributed by atoms with E-state index in [2.05, 4.69) is 23.7 Å². The lowest BCUT2D eigenvalue weighted by Crippen LogP contribution is -2.37. The van der Waals surface area contributed by atoms with E-state index in [1.54, 1.807) is 24.4 Å². The van der Waals surface area contributed by atoms with Gasteiger partial charge in [-0.05, 0) is 36.8 Å². The van der Waals surface area contributed by atoms with Gasteiger partial charge in [-0.25, -0.2) is 9.37 Å². The van der Waals surface area contributed by atoms with Crippen LogP contribution in [-0.4, -0.2) is 28.9 Å². The Morgan fingerprint density at radius 3 is 2.78 bits per heavy atom. The van der Waals surface area contributed by atoms with Crippen LogP contribution in [0.25, 0.3) is 0 Å². The highest BCUT2D eigenvalue weighted by molar-refractivity contribution is 7.14. The topological polar surface area (TPSA) is 33.2 Å². The zero-order valence-corrected chi connectivity index (χ0v) is 13.7. The molecule has 1 saturated heterocycles. The van der Waals surface area contributed by atoms with E-state index in [4.69, 9.17) is 0 Å². The Balaban J connectivity index is 1.71. The highest BCUT2D eigenvalue weighted by Crippen LogP contribution is 2.20. The summed E-state index contributed by atoms with van der Waals surface area (Å²) >= 11 is 1.26. The van der Waals surface area contributed by atoms with E-state index < -0.39 is 0 Å². The molecule has 1 amide bonds. The van der Waals surface area contributed by atoms with E-state index in [9.17, 15) is 9.18 Å². The molecule has 3 rings (SSSR count). The number of benzene rings is 1. The summed E-state index contributed by atoms with van der Waals surface area (Å²) in [6.07, 6.45) is 3.66. The molecule has 0 aliphatic carbocycles. The molecule has 1 aliphatic heterocycles. The van der Waals surface area contributed by atoms with Crippen LogP contribution in [0.2, 0.25) is 0 Å². The van der Waals surface area contributed by atoms with Gasteiger partial charge in [0.2, 0.25) is 0 Å². The minimum atomic E-state index is -0.352. The molecule has 0 N–H and O–H groups in total. The fourth-order valence-corrected chi connectivity index (χ4v) is 3.22. The second kappa shape index (κ2) is 6.93. The molecule has 0 radical (unpaired) electrons. The average molecular weight is 328 g/mol. The van der Waals surface area contributed by atoms with E-state index in [1.165, 1.54) is 17.4 Å². The number of likely N-dealkylation sites (tertiary alicyclic amines) is 1. The number of nitrogens with zero attached hydrogens (tertiary/aromatic N) is 2. The minimum Gasteiger partial charge on any atom is -0.338 e. The van der Waals surface area contributed by atoms with Gasteiger partial charge in [-0.3, -0.25) is 4.79 Å². The molecule has 1 aromatic carbocycles. The smallest absolute Gasteiger partial charge is 0.265 e. The van der Waals surface area contributed by atoms with Crippen LogP contribution in [0.4, 0.5) is 4.39 Å². The normalized spacial score (nSPS) is 15.1. The Morgan fingerprint density at radius 2 is 2.04 bits per heavy atom. The molecule has 5 heteroatoms. The first-order valence-corrected chi connectivity index (χ1v) is 8.47. The summed E-state index contributed by atoms with van der Waals surface area (Å²) in [5, 5.41) is 0.530. The summed E-state index contributed by atoms with van der Waals surface area (Å²) in [5.41, 5.74) is 0.334. The third-order valence-electron chi connectivity index (χ3n) is 3.97. The molecule has 2 aromatic rings. The zero-order chi connectivity index (χ0) is 16.2. The summed E-state index contributed by atoms with van der Waals surface area (Å²) in [7, 11) is 0. The SMILES string of the molecule is CC1CCN(C(=O)c2cnc(C#Cc3ccccc3F)s2)CC1. The molecule has 0 bridgehead atoms. The van der Waals surface area contributed by atoms with Crippen LogP contribution in [0.1, 0.15) is 40.0 Å². The van der Waals surface area contributed by atoms with Crippen molar-refractivity contribution in [1.29, 1.82) is 0 Å². The average Bonchev–Trinajstić information content (AvgIpc) is 3.03. The van der Waals surface area contributed by atoms with Crippen molar-refractivity contribution in [2.24, 2.45) is 5.92 Å². The molecular weight excluding hydrogens is 311 g/mol. The summed E-state index contributed by atoms with van der Waals surface area (Å²) in [6.45, 7) is 3.81. The molecule has 1 fully saturated rings. The van der Waals surface area contributed by atoms with Crippen molar-refractivity contribution >= 4 is 17.2 Å². The van der Waals surface area contributed by atoms with Crippen molar-refractivity contribution in [2.45, 2.75) is 19.8 Å². The maximum atomic E-state index is 13.5. The number of piperidine rings is 1. The number of rotatable bonds is 1. The highest BCUT2D eigenvalue weighted by atomic mass is 32.1. The predicted molar refractivity (Wildman–Crippen MR) is 88.8 cm³/mol. The lowest BCUT2D eigenvalue weighted by molar-refractivity contribution is 0.0702. The number of thiazole rings is 1. The van der Waals surface area contributed by atoms with Crippen molar-refractivity contribution < 1.29 is 9.18 Å². The number of hydrogen-bond donors (Lipinski definition) is 0. The fourth-order valence-electron chi connectivity index (χ4n) is 2.48. The summed E-state index contributed by atoms with van der Waals surface area (Å²) in [5.74, 6) is 5.95. The van der Waals surface area contributed by atoms with Crippen molar-refractivity contribution in [3.05, 3.63) is 51.7 Å². The van der Waals surface area contributed by atoms with Gasteiger partial charge in [0.05, 0.1) is 11.8 Å². The minimum absolute atomic E-state index is 0.0216. The number of aromatic nitrogens is 1.